The fourth-order valence-electron chi connectivity index (χ4n) is 1.11. The SMILES string of the molecule is CCOC(=O)C(C)Oc1ccc(N)cc1F. The Balaban J connectivity index is 2.69. The zero-order valence-electron chi connectivity index (χ0n) is 9.20. The van der Waals surface area contributed by atoms with Gasteiger partial charge in [0.15, 0.2) is 17.7 Å². The van der Waals surface area contributed by atoms with Crippen LogP contribution < -0.4 is 10.5 Å². The van der Waals surface area contributed by atoms with Crippen molar-refractivity contribution < 1.29 is 18.7 Å². The molecule has 0 heterocycles. The van der Waals surface area contributed by atoms with Crippen LogP contribution in [0.2, 0.25) is 0 Å². The molecular weight excluding hydrogens is 213 g/mol. The highest BCUT2D eigenvalue weighted by Crippen LogP contribution is 2.20. The summed E-state index contributed by atoms with van der Waals surface area (Å²) in [5.41, 5.74) is 5.68. The Labute approximate surface area is 93.2 Å². The molecule has 4 nitrogen and oxygen atoms in total. The van der Waals surface area contributed by atoms with Gasteiger partial charge in [-0.25, -0.2) is 9.18 Å². The van der Waals surface area contributed by atoms with Gasteiger partial charge in [-0.3, -0.25) is 0 Å². The molecular formula is C11H14FNO3. The molecule has 0 fully saturated rings. The molecule has 5 heteroatoms. The van der Waals surface area contributed by atoms with Gasteiger partial charge in [-0.1, -0.05) is 0 Å². The number of anilines is 1. The van der Waals surface area contributed by atoms with Crippen molar-refractivity contribution in [3.8, 4) is 5.75 Å². The highest BCUT2D eigenvalue weighted by atomic mass is 19.1. The molecule has 0 radical (unpaired) electrons. The molecule has 2 N–H and O–H groups in total. The zero-order valence-corrected chi connectivity index (χ0v) is 9.20. The van der Waals surface area contributed by atoms with E-state index in [0.717, 1.165) is 6.07 Å². The van der Waals surface area contributed by atoms with Gasteiger partial charge in [-0.05, 0) is 26.0 Å². The van der Waals surface area contributed by atoms with E-state index in [4.69, 9.17) is 15.2 Å². The largest absolute Gasteiger partial charge is 0.476 e. The average Bonchev–Trinajstić information content (AvgIpc) is 2.22. The second-order valence-electron chi connectivity index (χ2n) is 3.20. The van der Waals surface area contributed by atoms with Crippen LogP contribution in [0.25, 0.3) is 0 Å². The number of halogens is 1. The van der Waals surface area contributed by atoms with E-state index < -0.39 is 17.9 Å². The number of esters is 1. The maximum atomic E-state index is 13.3. The van der Waals surface area contributed by atoms with Gasteiger partial charge in [0.1, 0.15) is 0 Å². The molecule has 1 aromatic carbocycles. The molecule has 0 aliphatic heterocycles. The van der Waals surface area contributed by atoms with Crippen LogP contribution in [-0.4, -0.2) is 18.7 Å². The predicted octanol–water partition coefficient (Wildman–Crippen LogP) is 1.74. The van der Waals surface area contributed by atoms with Crippen molar-refractivity contribution in [2.24, 2.45) is 0 Å². The van der Waals surface area contributed by atoms with Crippen LogP contribution in [0, 0.1) is 5.82 Å². The van der Waals surface area contributed by atoms with Gasteiger partial charge in [0.05, 0.1) is 6.61 Å². The summed E-state index contributed by atoms with van der Waals surface area (Å²) in [5.74, 6) is -1.15. The Kier molecular flexibility index (Phi) is 4.10. The summed E-state index contributed by atoms with van der Waals surface area (Å²) in [5, 5.41) is 0. The van der Waals surface area contributed by atoms with Crippen LogP contribution in [-0.2, 0) is 9.53 Å². The van der Waals surface area contributed by atoms with Gasteiger partial charge in [-0.2, -0.15) is 0 Å². The van der Waals surface area contributed by atoms with Gasteiger partial charge in [0.2, 0.25) is 0 Å². The minimum Gasteiger partial charge on any atom is -0.476 e. The third kappa shape index (κ3) is 3.12. The number of nitrogens with two attached hydrogens (primary N) is 1. The third-order valence-corrected chi connectivity index (χ3v) is 1.88. The van der Waals surface area contributed by atoms with E-state index in [1.54, 1.807) is 6.92 Å². The monoisotopic (exact) mass is 227 g/mol. The van der Waals surface area contributed by atoms with Crippen LogP contribution >= 0.6 is 0 Å². The van der Waals surface area contributed by atoms with Gasteiger partial charge in [0.25, 0.3) is 0 Å². The number of carbonyl (C=O) groups is 1. The number of hydrogen-bond acceptors (Lipinski definition) is 4. The summed E-state index contributed by atoms with van der Waals surface area (Å²) >= 11 is 0. The van der Waals surface area contributed by atoms with Crippen molar-refractivity contribution >= 4 is 11.7 Å². The van der Waals surface area contributed by atoms with Crippen molar-refractivity contribution in [3.63, 3.8) is 0 Å². The number of benzene rings is 1. The lowest BCUT2D eigenvalue weighted by molar-refractivity contribution is -0.150. The highest BCUT2D eigenvalue weighted by Gasteiger charge is 2.17. The Morgan fingerprint density at radius 3 is 2.81 bits per heavy atom. The molecule has 0 saturated heterocycles. The van der Waals surface area contributed by atoms with E-state index in [-0.39, 0.29) is 12.4 Å². The molecule has 0 aliphatic rings. The molecule has 0 amide bonds. The van der Waals surface area contributed by atoms with Crippen LogP contribution in [0.1, 0.15) is 13.8 Å². The lowest BCUT2D eigenvalue weighted by atomic mass is 10.3. The standard InChI is InChI=1S/C11H14FNO3/c1-3-15-11(14)7(2)16-10-5-4-8(13)6-9(10)12/h4-7H,3,13H2,1-2H3. The van der Waals surface area contributed by atoms with Crippen molar-refractivity contribution in [2.45, 2.75) is 20.0 Å². The fourth-order valence-corrected chi connectivity index (χ4v) is 1.11. The topological polar surface area (TPSA) is 61.5 Å². The second kappa shape index (κ2) is 5.34. The minimum absolute atomic E-state index is 0.0187. The van der Waals surface area contributed by atoms with Crippen LogP contribution in [0.3, 0.4) is 0 Å². The normalized spacial score (nSPS) is 11.9. The van der Waals surface area contributed by atoms with Crippen LogP contribution in [0.15, 0.2) is 18.2 Å². The lowest BCUT2D eigenvalue weighted by Gasteiger charge is -2.13. The molecule has 1 atom stereocenters. The van der Waals surface area contributed by atoms with Crippen molar-refractivity contribution in [2.75, 3.05) is 12.3 Å². The smallest absolute Gasteiger partial charge is 0.347 e. The molecule has 0 spiro atoms. The molecule has 0 aliphatic carbocycles. The third-order valence-electron chi connectivity index (χ3n) is 1.88. The molecule has 1 unspecified atom stereocenters. The zero-order chi connectivity index (χ0) is 12.1. The number of nitrogen functional groups attached to an aromatic ring is 1. The van der Waals surface area contributed by atoms with E-state index in [1.807, 2.05) is 0 Å². The summed E-state index contributed by atoms with van der Waals surface area (Å²) in [6, 6.07) is 4.00. The predicted molar refractivity (Wildman–Crippen MR) is 57.5 cm³/mol. The molecule has 0 aromatic heterocycles. The molecule has 0 saturated carbocycles. The van der Waals surface area contributed by atoms with Crippen molar-refractivity contribution in [3.05, 3.63) is 24.0 Å². The number of rotatable bonds is 4. The second-order valence-corrected chi connectivity index (χ2v) is 3.20. The van der Waals surface area contributed by atoms with E-state index in [2.05, 4.69) is 0 Å². The molecule has 0 bridgehead atoms. The summed E-state index contributed by atoms with van der Waals surface area (Å²) in [6.07, 6.45) is -0.849. The van der Waals surface area contributed by atoms with Gasteiger partial charge < -0.3 is 15.2 Å². The maximum absolute atomic E-state index is 13.3. The van der Waals surface area contributed by atoms with Gasteiger partial charge in [0, 0.05) is 11.8 Å². The Bertz CT molecular complexity index is 381. The summed E-state index contributed by atoms with van der Waals surface area (Å²) in [6.45, 7) is 3.44. The number of hydrogen-bond donors (Lipinski definition) is 1. The minimum atomic E-state index is -0.849. The van der Waals surface area contributed by atoms with Crippen LogP contribution in [0.5, 0.6) is 5.75 Å². The first-order valence-corrected chi connectivity index (χ1v) is 4.93. The van der Waals surface area contributed by atoms with Crippen molar-refractivity contribution in [1.82, 2.24) is 0 Å². The molecule has 1 rings (SSSR count). The average molecular weight is 227 g/mol. The molecule has 88 valence electrons. The van der Waals surface area contributed by atoms with Gasteiger partial charge in [-0.15, -0.1) is 0 Å². The first-order chi connectivity index (χ1) is 7.54. The highest BCUT2D eigenvalue weighted by molar-refractivity contribution is 5.74. The summed E-state index contributed by atoms with van der Waals surface area (Å²) in [7, 11) is 0. The Morgan fingerprint density at radius 1 is 1.56 bits per heavy atom. The Hall–Kier alpha value is -1.78. The van der Waals surface area contributed by atoms with E-state index in [1.165, 1.54) is 19.1 Å². The van der Waals surface area contributed by atoms with E-state index in [9.17, 15) is 9.18 Å². The van der Waals surface area contributed by atoms with Crippen molar-refractivity contribution in [1.29, 1.82) is 0 Å². The van der Waals surface area contributed by atoms with Crippen LogP contribution in [0.4, 0.5) is 10.1 Å². The van der Waals surface area contributed by atoms with E-state index >= 15 is 0 Å². The molecule has 16 heavy (non-hydrogen) atoms. The molecule has 1 aromatic rings. The maximum Gasteiger partial charge on any atom is 0.347 e. The number of carbonyl (C=O) groups excluding carboxylic acids is 1. The quantitative estimate of drug-likeness (QED) is 0.628. The summed E-state index contributed by atoms with van der Waals surface area (Å²) in [4.78, 5) is 11.2. The lowest BCUT2D eigenvalue weighted by Crippen LogP contribution is -2.26. The van der Waals surface area contributed by atoms with E-state index in [0.29, 0.717) is 5.69 Å². The summed E-state index contributed by atoms with van der Waals surface area (Å²) < 4.78 is 23.1. The first-order valence-electron chi connectivity index (χ1n) is 4.93. The number of ether oxygens (including phenoxy) is 2. The van der Waals surface area contributed by atoms with Gasteiger partial charge >= 0.3 is 5.97 Å². The first kappa shape index (κ1) is 12.3. The Morgan fingerprint density at radius 2 is 2.25 bits per heavy atom. The fraction of sp³-hybridized carbons (Fsp3) is 0.364.